The summed E-state index contributed by atoms with van der Waals surface area (Å²) in [6.45, 7) is 3.99. The van der Waals surface area contributed by atoms with Gasteiger partial charge in [0.1, 0.15) is 11.6 Å². The normalized spacial score (nSPS) is 12.2. The van der Waals surface area contributed by atoms with Gasteiger partial charge in [0.25, 0.3) is 0 Å². The quantitative estimate of drug-likeness (QED) is 0.839. The second kappa shape index (κ2) is 5.62. The number of hydrogen-bond donors (Lipinski definition) is 2. The summed E-state index contributed by atoms with van der Waals surface area (Å²) in [7, 11) is 0. The molecule has 1 atom stereocenters. The number of aryl methyl sites for hydroxylation is 1. The highest BCUT2D eigenvalue weighted by molar-refractivity contribution is 5.80. The number of nitrogens with one attached hydrogen (secondary N) is 1. The molecule has 1 amide bonds. The molecule has 2 rings (SSSR count). The molecule has 0 saturated heterocycles. The topological polar surface area (TPSA) is 85.8 Å². The summed E-state index contributed by atoms with van der Waals surface area (Å²) >= 11 is 0. The second-order valence-corrected chi connectivity index (χ2v) is 4.38. The van der Waals surface area contributed by atoms with E-state index >= 15 is 0 Å². The maximum Gasteiger partial charge on any atom is 0.236 e. The molecule has 6 nitrogen and oxygen atoms in total. The van der Waals surface area contributed by atoms with E-state index in [1.165, 1.54) is 0 Å². The van der Waals surface area contributed by atoms with E-state index in [4.69, 9.17) is 5.73 Å². The maximum absolute atomic E-state index is 11.3. The third-order valence-corrected chi connectivity index (χ3v) is 2.76. The Kier molecular flexibility index (Phi) is 3.91. The lowest BCUT2D eigenvalue weighted by molar-refractivity contribution is -0.122. The van der Waals surface area contributed by atoms with Crippen molar-refractivity contribution >= 4 is 5.91 Å². The molecule has 2 aromatic heterocycles. The van der Waals surface area contributed by atoms with E-state index < -0.39 is 6.04 Å². The second-order valence-electron chi connectivity index (χ2n) is 4.38. The van der Waals surface area contributed by atoms with Crippen molar-refractivity contribution in [3.63, 3.8) is 0 Å². The van der Waals surface area contributed by atoms with E-state index in [0.717, 1.165) is 17.2 Å². The van der Waals surface area contributed by atoms with Gasteiger partial charge in [-0.05, 0) is 25.5 Å². The predicted molar refractivity (Wildman–Crippen MR) is 71.6 cm³/mol. The van der Waals surface area contributed by atoms with Crippen LogP contribution in [0, 0.1) is 6.92 Å². The van der Waals surface area contributed by atoms with Crippen molar-refractivity contribution in [2.75, 3.05) is 0 Å². The standard InChI is InChI=1S/C13H17N5O/c1-9(14)13(19)17-8-11-3-4-12(16-7-11)18-6-5-15-10(18)2/h3-7,9H,8,14H2,1-2H3,(H,17,19)/t9-/m1/s1. The molecule has 2 heterocycles. The minimum Gasteiger partial charge on any atom is -0.351 e. The van der Waals surface area contributed by atoms with Gasteiger partial charge < -0.3 is 11.1 Å². The first-order valence-corrected chi connectivity index (χ1v) is 6.06. The fourth-order valence-electron chi connectivity index (χ4n) is 1.63. The minimum atomic E-state index is -0.499. The van der Waals surface area contributed by atoms with Gasteiger partial charge in [0, 0.05) is 25.1 Å². The molecular formula is C13H17N5O. The molecule has 0 aromatic carbocycles. The third kappa shape index (κ3) is 3.17. The molecule has 3 N–H and O–H groups in total. The lowest BCUT2D eigenvalue weighted by atomic mass is 10.2. The summed E-state index contributed by atoms with van der Waals surface area (Å²) in [5.74, 6) is 1.51. The minimum absolute atomic E-state index is 0.172. The average molecular weight is 259 g/mol. The van der Waals surface area contributed by atoms with Gasteiger partial charge in [-0.25, -0.2) is 9.97 Å². The Labute approximate surface area is 111 Å². The highest BCUT2D eigenvalue weighted by atomic mass is 16.2. The number of hydrogen-bond acceptors (Lipinski definition) is 4. The molecule has 0 aliphatic rings. The van der Waals surface area contributed by atoms with Crippen LogP contribution >= 0.6 is 0 Å². The molecule has 0 saturated carbocycles. The van der Waals surface area contributed by atoms with Crippen LogP contribution in [0.1, 0.15) is 18.3 Å². The Balaban J connectivity index is 2.03. The van der Waals surface area contributed by atoms with Crippen molar-refractivity contribution in [1.29, 1.82) is 0 Å². The molecule has 6 heteroatoms. The molecule has 0 aliphatic heterocycles. The summed E-state index contributed by atoms with van der Waals surface area (Å²) in [5, 5.41) is 2.74. The van der Waals surface area contributed by atoms with Gasteiger partial charge in [-0.3, -0.25) is 9.36 Å². The zero-order valence-corrected chi connectivity index (χ0v) is 11.0. The first-order chi connectivity index (χ1) is 9.08. The fraction of sp³-hybridized carbons (Fsp3) is 0.308. The molecule has 2 aromatic rings. The molecule has 0 bridgehead atoms. The Bertz CT molecular complexity index is 559. The van der Waals surface area contributed by atoms with Crippen molar-refractivity contribution in [2.45, 2.75) is 26.4 Å². The van der Waals surface area contributed by atoms with Gasteiger partial charge in [-0.15, -0.1) is 0 Å². The molecular weight excluding hydrogens is 242 g/mol. The summed E-state index contributed by atoms with van der Waals surface area (Å²) in [6, 6.07) is 3.31. The Morgan fingerprint density at radius 3 is 2.79 bits per heavy atom. The van der Waals surface area contributed by atoms with Crippen molar-refractivity contribution in [2.24, 2.45) is 5.73 Å². The first kappa shape index (κ1) is 13.2. The average Bonchev–Trinajstić information content (AvgIpc) is 2.82. The lowest BCUT2D eigenvalue weighted by Gasteiger charge is -2.08. The van der Waals surface area contributed by atoms with Crippen LogP contribution < -0.4 is 11.1 Å². The highest BCUT2D eigenvalue weighted by Crippen LogP contribution is 2.08. The van der Waals surface area contributed by atoms with Gasteiger partial charge in [-0.1, -0.05) is 6.07 Å². The van der Waals surface area contributed by atoms with E-state index in [9.17, 15) is 4.79 Å². The smallest absolute Gasteiger partial charge is 0.236 e. The first-order valence-electron chi connectivity index (χ1n) is 6.06. The Morgan fingerprint density at radius 2 is 2.26 bits per heavy atom. The van der Waals surface area contributed by atoms with Crippen LogP contribution in [-0.4, -0.2) is 26.5 Å². The number of carbonyl (C=O) groups excluding carboxylic acids is 1. The molecule has 100 valence electrons. The van der Waals surface area contributed by atoms with Crippen molar-refractivity contribution in [3.05, 3.63) is 42.1 Å². The molecule has 0 unspecified atom stereocenters. The van der Waals surface area contributed by atoms with Gasteiger partial charge >= 0.3 is 0 Å². The van der Waals surface area contributed by atoms with E-state index in [1.54, 1.807) is 19.3 Å². The zero-order valence-electron chi connectivity index (χ0n) is 11.0. The zero-order chi connectivity index (χ0) is 13.8. The Hall–Kier alpha value is -2.21. The molecule has 0 spiro atoms. The van der Waals surface area contributed by atoms with Gasteiger partial charge in [0.15, 0.2) is 0 Å². The van der Waals surface area contributed by atoms with E-state index in [1.807, 2.05) is 29.8 Å². The van der Waals surface area contributed by atoms with Crippen LogP contribution in [0.4, 0.5) is 0 Å². The maximum atomic E-state index is 11.3. The fourth-order valence-corrected chi connectivity index (χ4v) is 1.63. The number of carbonyl (C=O) groups is 1. The van der Waals surface area contributed by atoms with Crippen LogP contribution in [0.25, 0.3) is 5.82 Å². The molecule has 0 aliphatic carbocycles. The van der Waals surface area contributed by atoms with Crippen LogP contribution in [0.3, 0.4) is 0 Å². The molecule has 0 radical (unpaired) electrons. The predicted octanol–water partition coefficient (Wildman–Crippen LogP) is 0.539. The largest absolute Gasteiger partial charge is 0.351 e. The molecule has 19 heavy (non-hydrogen) atoms. The van der Waals surface area contributed by atoms with Crippen molar-refractivity contribution in [1.82, 2.24) is 19.9 Å². The Morgan fingerprint density at radius 1 is 1.47 bits per heavy atom. The lowest BCUT2D eigenvalue weighted by Crippen LogP contribution is -2.37. The summed E-state index contributed by atoms with van der Waals surface area (Å²) in [6.07, 6.45) is 5.32. The van der Waals surface area contributed by atoms with Crippen LogP contribution in [-0.2, 0) is 11.3 Å². The van der Waals surface area contributed by atoms with Gasteiger partial charge in [0.05, 0.1) is 6.04 Å². The molecule has 0 fully saturated rings. The number of nitrogens with two attached hydrogens (primary N) is 1. The number of rotatable bonds is 4. The van der Waals surface area contributed by atoms with Crippen molar-refractivity contribution < 1.29 is 4.79 Å². The van der Waals surface area contributed by atoms with E-state index in [2.05, 4.69) is 15.3 Å². The number of pyridine rings is 1. The van der Waals surface area contributed by atoms with E-state index in [-0.39, 0.29) is 5.91 Å². The third-order valence-electron chi connectivity index (χ3n) is 2.76. The number of aromatic nitrogens is 3. The monoisotopic (exact) mass is 259 g/mol. The van der Waals surface area contributed by atoms with Gasteiger partial charge in [-0.2, -0.15) is 0 Å². The SMILES string of the molecule is Cc1nccn1-c1ccc(CNC(=O)[C@@H](C)N)cn1. The summed E-state index contributed by atoms with van der Waals surface area (Å²) < 4.78 is 1.89. The van der Waals surface area contributed by atoms with Crippen LogP contribution in [0.5, 0.6) is 0 Å². The van der Waals surface area contributed by atoms with E-state index in [0.29, 0.717) is 6.54 Å². The number of nitrogens with zero attached hydrogens (tertiary/aromatic N) is 3. The van der Waals surface area contributed by atoms with Crippen LogP contribution in [0.2, 0.25) is 0 Å². The summed E-state index contributed by atoms with van der Waals surface area (Å²) in [4.78, 5) is 19.8. The number of imidazole rings is 1. The van der Waals surface area contributed by atoms with Gasteiger partial charge in [0.2, 0.25) is 5.91 Å². The summed E-state index contributed by atoms with van der Waals surface area (Å²) in [5.41, 5.74) is 6.39. The van der Waals surface area contributed by atoms with Crippen molar-refractivity contribution in [3.8, 4) is 5.82 Å². The number of amides is 1. The highest BCUT2D eigenvalue weighted by Gasteiger charge is 2.07. The van der Waals surface area contributed by atoms with Crippen LogP contribution in [0.15, 0.2) is 30.7 Å².